The highest BCUT2D eigenvalue weighted by molar-refractivity contribution is 6.45. The molecule has 0 unspecified atom stereocenters. The fourth-order valence-electron chi connectivity index (χ4n) is 4.55. The molecule has 1 aliphatic heterocycles. The number of rotatable bonds is 11. The minimum absolute atomic E-state index is 0.0908. The van der Waals surface area contributed by atoms with Crippen LogP contribution in [0.2, 0.25) is 5.82 Å². The van der Waals surface area contributed by atoms with Gasteiger partial charge in [-0.15, -0.1) is 0 Å². The van der Waals surface area contributed by atoms with E-state index >= 15 is 0 Å². The fraction of sp³-hybridized carbons (Fsp3) is 0.905. The van der Waals surface area contributed by atoms with Gasteiger partial charge in [0.2, 0.25) is 0 Å². The summed E-state index contributed by atoms with van der Waals surface area (Å²) in [5.41, 5.74) is 0. The standard InChI is InChI=1S/C21H38BNO5/c1-15(2)4-3-11-23-18-8-5-16(6-9-18)12-19(24)13-17-7-10-20(14-21(25)26)28-22(17)27/h15-18,20,23,27H,3-14H2,1-2H3,(H,25,26)/t16?,17-,18?,20+/m1/s1. The number of hydrogen-bond donors (Lipinski definition) is 3. The van der Waals surface area contributed by atoms with Crippen molar-refractivity contribution in [2.45, 2.75) is 102 Å². The molecule has 0 amide bonds. The van der Waals surface area contributed by atoms with E-state index in [1.165, 1.54) is 12.8 Å². The summed E-state index contributed by atoms with van der Waals surface area (Å²) in [4.78, 5) is 23.2. The van der Waals surface area contributed by atoms with Crippen LogP contribution < -0.4 is 5.32 Å². The van der Waals surface area contributed by atoms with E-state index in [0.29, 0.717) is 37.6 Å². The van der Waals surface area contributed by atoms with Gasteiger partial charge in [-0.05, 0) is 69.7 Å². The number of nitrogens with one attached hydrogen (secondary N) is 1. The van der Waals surface area contributed by atoms with Crippen molar-refractivity contribution >= 4 is 18.9 Å². The number of carbonyl (C=O) groups is 2. The van der Waals surface area contributed by atoms with E-state index in [4.69, 9.17) is 9.76 Å². The van der Waals surface area contributed by atoms with Crippen molar-refractivity contribution in [2.75, 3.05) is 6.54 Å². The summed E-state index contributed by atoms with van der Waals surface area (Å²) in [6.07, 6.45) is 8.63. The molecule has 0 bridgehead atoms. The first-order valence-corrected chi connectivity index (χ1v) is 11.1. The van der Waals surface area contributed by atoms with Gasteiger partial charge in [0, 0.05) is 24.7 Å². The summed E-state index contributed by atoms with van der Waals surface area (Å²) in [6, 6.07) is 0.596. The maximum absolute atomic E-state index is 12.5. The summed E-state index contributed by atoms with van der Waals surface area (Å²) in [7, 11) is -1.02. The maximum atomic E-state index is 12.5. The number of aliphatic carboxylic acids is 1. The van der Waals surface area contributed by atoms with Crippen LogP contribution in [0.5, 0.6) is 0 Å². The predicted octanol–water partition coefficient (Wildman–Crippen LogP) is 3.42. The molecule has 2 atom stereocenters. The van der Waals surface area contributed by atoms with E-state index in [2.05, 4.69) is 19.2 Å². The van der Waals surface area contributed by atoms with Crippen LogP contribution >= 0.6 is 0 Å². The first-order valence-electron chi connectivity index (χ1n) is 11.1. The largest absolute Gasteiger partial charge is 0.481 e. The summed E-state index contributed by atoms with van der Waals surface area (Å²) >= 11 is 0. The van der Waals surface area contributed by atoms with E-state index in [1.807, 2.05) is 0 Å². The lowest BCUT2D eigenvalue weighted by atomic mass is 9.64. The zero-order valence-corrected chi connectivity index (χ0v) is 17.6. The predicted molar refractivity (Wildman–Crippen MR) is 110 cm³/mol. The first-order chi connectivity index (χ1) is 13.3. The van der Waals surface area contributed by atoms with Crippen LogP contribution in [0.15, 0.2) is 0 Å². The number of carbonyl (C=O) groups excluding carboxylic acids is 1. The Hall–Kier alpha value is -0.915. The highest BCUT2D eigenvalue weighted by atomic mass is 16.5. The van der Waals surface area contributed by atoms with Gasteiger partial charge in [-0.25, -0.2) is 0 Å². The Bertz CT molecular complexity index is 493. The lowest BCUT2D eigenvalue weighted by Crippen LogP contribution is -2.38. The van der Waals surface area contributed by atoms with E-state index in [1.54, 1.807) is 0 Å². The number of Topliss-reactive ketones (excluding diaryl/α,β-unsaturated/α-hetero) is 1. The molecular formula is C21H38BNO5. The highest BCUT2D eigenvalue weighted by Gasteiger charge is 2.37. The summed E-state index contributed by atoms with van der Waals surface area (Å²) in [6.45, 7) is 5.61. The number of hydrogen-bond acceptors (Lipinski definition) is 5. The van der Waals surface area contributed by atoms with Gasteiger partial charge in [-0.3, -0.25) is 9.59 Å². The van der Waals surface area contributed by atoms with Gasteiger partial charge in [0.05, 0.1) is 12.5 Å². The number of ketones is 1. The molecule has 1 heterocycles. The zero-order chi connectivity index (χ0) is 20.5. The molecule has 1 saturated carbocycles. The Balaban J connectivity index is 1.60. The molecular weight excluding hydrogens is 357 g/mol. The Morgan fingerprint density at radius 1 is 1.07 bits per heavy atom. The molecule has 0 spiro atoms. The minimum Gasteiger partial charge on any atom is -0.481 e. The molecule has 28 heavy (non-hydrogen) atoms. The molecule has 1 aliphatic carbocycles. The molecule has 2 aliphatic rings. The summed E-state index contributed by atoms with van der Waals surface area (Å²) in [5, 5.41) is 22.6. The Morgan fingerprint density at radius 2 is 1.79 bits per heavy atom. The van der Waals surface area contributed by atoms with Crippen molar-refractivity contribution in [3.8, 4) is 0 Å². The third-order valence-corrected chi connectivity index (χ3v) is 6.24. The van der Waals surface area contributed by atoms with Crippen LogP contribution in [0, 0.1) is 11.8 Å². The average molecular weight is 395 g/mol. The second-order valence-corrected chi connectivity index (χ2v) is 9.24. The lowest BCUT2D eigenvalue weighted by Gasteiger charge is -2.31. The van der Waals surface area contributed by atoms with Crippen molar-refractivity contribution in [1.29, 1.82) is 0 Å². The molecule has 3 N–H and O–H groups in total. The van der Waals surface area contributed by atoms with Crippen LogP contribution in [-0.2, 0) is 14.2 Å². The molecule has 1 saturated heterocycles. The second-order valence-electron chi connectivity index (χ2n) is 9.24. The van der Waals surface area contributed by atoms with Gasteiger partial charge in [0.25, 0.3) is 0 Å². The molecule has 2 fully saturated rings. The summed E-state index contributed by atoms with van der Waals surface area (Å²) < 4.78 is 5.39. The number of carboxylic acids is 1. The first kappa shape index (κ1) is 23.4. The van der Waals surface area contributed by atoms with Gasteiger partial charge in [-0.2, -0.15) is 0 Å². The van der Waals surface area contributed by atoms with Crippen molar-refractivity contribution in [2.24, 2.45) is 11.8 Å². The van der Waals surface area contributed by atoms with E-state index in [9.17, 15) is 14.6 Å². The third kappa shape index (κ3) is 8.62. The number of carboxylic acid groups (broad SMARTS) is 1. The van der Waals surface area contributed by atoms with Crippen LogP contribution in [-0.4, -0.2) is 47.7 Å². The Labute approximate surface area is 169 Å². The van der Waals surface area contributed by atoms with E-state index in [-0.39, 0.29) is 18.0 Å². The van der Waals surface area contributed by atoms with Crippen molar-refractivity contribution in [1.82, 2.24) is 5.32 Å². The fourth-order valence-corrected chi connectivity index (χ4v) is 4.55. The molecule has 0 aromatic carbocycles. The maximum Gasteiger partial charge on any atom is 0.458 e. The van der Waals surface area contributed by atoms with Gasteiger partial charge in [-0.1, -0.05) is 13.8 Å². The average Bonchev–Trinajstić information content (AvgIpc) is 2.62. The SMILES string of the molecule is CC(C)CCCNC1CCC(CC(=O)C[C@H]2CC[C@@H](CC(=O)O)OB2O)CC1. The van der Waals surface area contributed by atoms with Crippen LogP contribution in [0.1, 0.15) is 84.5 Å². The molecule has 0 radical (unpaired) electrons. The molecule has 2 rings (SSSR count). The van der Waals surface area contributed by atoms with Crippen molar-refractivity contribution in [3.63, 3.8) is 0 Å². The normalized spacial score (nSPS) is 28.5. The van der Waals surface area contributed by atoms with Gasteiger partial charge in [0.15, 0.2) is 0 Å². The smallest absolute Gasteiger partial charge is 0.458 e. The highest BCUT2D eigenvalue weighted by Crippen LogP contribution is 2.33. The molecule has 160 valence electrons. The Morgan fingerprint density at radius 3 is 2.39 bits per heavy atom. The van der Waals surface area contributed by atoms with Crippen molar-refractivity contribution in [3.05, 3.63) is 0 Å². The molecule has 6 nitrogen and oxygen atoms in total. The topological polar surface area (TPSA) is 95.9 Å². The van der Waals surface area contributed by atoms with Gasteiger partial charge >= 0.3 is 13.1 Å². The lowest BCUT2D eigenvalue weighted by molar-refractivity contribution is -0.139. The minimum atomic E-state index is -1.02. The van der Waals surface area contributed by atoms with Gasteiger partial charge in [0.1, 0.15) is 5.78 Å². The summed E-state index contributed by atoms with van der Waals surface area (Å²) in [5.74, 6) is 0.313. The van der Waals surface area contributed by atoms with E-state index < -0.39 is 19.2 Å². The second kappa shape index (κ2) is 11.9. The quantitative estimate of drug-likeness (QED) is 0.367. The van der Waals surface area contributed by atoms with Crippen LogP contribution in [0.4, 0.5) is 0 Å². The third-order valence-electron chi connectivity index (χ3n) is 6.24. The molecule has 0 aromatic heterocycles. The monoisotopic (exact) mass is 395 g/mol. The molecule has 7 heteroatoms. The van der Waals surface area contributed by atoms with Crippen LogP contribution in [0.25, 0.3) is 0 Å². The van der Waals surface area contributed by atoms with Gasteiger partial charge < -0.3 is 20.1 Å². The Kier molecular flexibility index (Phi) is 9.96. The zero-order valence-electron chi connectivity index (χ0n) is 17.6. The van der Waals surface area contributed by atoms with Crippen LogP contribution in [0.3, 0.4) is 0 Å². The molecule has 0 aromatic rings. The van der Waals surface area contributed by atoms with E-state index in [0.717, 1.165) is 38.1 Å². The van der Waals surface area contributed by atoms with Crippen molar-refractivity contribution < 1.29 is 24.4 Å².